The highest BCUT2D eigenvalue weighted by Crippen LogP contribution is 2.37. The molecule has 0 bridgehead atoms. The summed E-state index contributed by atoms with van der Waals surface area (Å²) in [5.74, 6) is -0.549. The number of ether oxygens (including phenoxy) is 1. The van der Waals surface area contributed by atoms with Crippen LogP contribution in [0.3, 0.4) is 0 Å². The topological polar surface area (TPSA) is 64.4 Å². The van der Waals surface area contributed by atoms with Crippen molar-refractivity contribution in [3.8, 4) is 0 Å². The molecule has 170 valence electrons. The molecule has 1 amide bonds. The second-order valence-electron chi connectivity index (χ2n) is 7.98. The van der Waals surface area contributed by atoms with Crippen LogP contribution in [-0.2, 0) is 27.5 Å². The quantitative estimate of drug-likeness (QED) is 0.312. The standard InChI is InChI=1S/C25H24ClN3O3S/c1-15-9-16(2)24(21(26)10-15)29(18(4)30)25-27-20(14-33-25)13-32-23(31)12-28-17(3)11-19-7-5-6-8-22(19)28/h5-11,14H,12-13H2,1-4H3. The number of anilines is 2. The van der Waals surface area contributed by atoms with E-state index in [1.165, 1.54) is 23.2 Å². The maximum Gasteiger partial charge on any atom is 0.326 e. The van der Waals surface area contributed by atoms with Gasteiger partial charge in [-0.1, -0.05) is 35.9 Å². The SMILES string of the molecule is CC(=O)N(c1nc(COC(=O)Cn2c(C)cc3ccccc32)cs1)c1c(C)cc(C)cc1Cl. The minimum atomic E-state index is -0.352. The van der Waals surface area contributed by atoms with Crippen LogP contribution in [0.25, 0.3) is 10.9 Å². The summed E-state index contributed by atoms with van der Waals surface area (Å²) in [6, 6.07) is 13.8. The Morgan fingerprint density at radius 2 is 1.91 bits per heavy atom. The number of fused-ring (bicyclic) bond motifs is 1. The van der Waals surface area contributed by atoms with Gasteiger partial charge in [0.1, 0.15) is 13.2 Å². The van der Waals surface area contributed by atoms with Gasteiger partial charge in [0.15, 0.2) is 5.13 Å². The third-order valence-corrected chi connectivity index (χ3v) is 6.52. The van der Waals surface area contributed by atoms with Crippen molar-refractivity contribution in [3.05, 3.63) is 75.4 Å². The monoisotopic (exact) mass is 481 g/mol. The Morgan fingerprint density at radius 1 is 1.15 bits per heavy atom. The van der Waals surface area contributed by atoms with Crippen LogP contribution in [0.4, 0.5) is 10.8 Å². The van der Waals surface area contributed by atoms with E-state index in [0.29, 0.717) is 21.5 Å². The fraction of sp³-hybridized carbons (Fsp3) is 0.240. The molecule has 0 atom stereocenters. The molecule has 0 spiro atoms. The van der Waals surface area contributed by atoms with Gasteiger partial charge in [-0.15, -0.1) is 11.3 Å². The molecule has 0 radical (unpaired) electrons. The van der Waals surface area contributed by atoms with Crippen LogP contribution < -0.4 is 4.90 Å². The molecule has 2 heterocycles. The number of para-hydroxylation sites is 1. The number of rotatable bonds is 6. The fourth-order valence-corrected chi connectivity index (χ4v) is 5.19. The third kappa shape index (κ3) is 4.79. The Labute approximate surface area is 201 Å². The zero-order valence-electron chi connectivity index (χ0n) is 18.9. The second kappa shape index (κ2) is 9.37. The molecule has 0 aliphatic heterocycles. The minimum absolute atomic E-state index is 0.0277. The number of thiazole rings is 1. The number of hydrogen-bond acceptors (Lipinski definition) is 5. The van der Waals surface area contributed by atoms with E-state index in [2.05, 4.69) is 4.98 Å². The van der Waals surface area contributed by atoms with E-state index in [0.717, 1.165) is 27.7 Å². The van der Waals surface area contributed by atoms with Gasteiger partial charge < -0.3 is 9.30 Å². The normalized spacial score (nSPS) is 11.1. The number of aryl methyl sites for hydroxylation is 3. The summed E-state index contributed by atoms with van der Waals surface area (Å²) in [7, 11) is 0. The zero-order valence-corrected chi connectivity index (χ0v) is 20.5. The average molecular weight is 482 g/mol. The molecule has 4 rings (SSSR count). The summed E-state index contributed by atoms with van der Waals surface area (Å²) in [6.45, 7) is 7.45. The maximum absolute atomic E-state index is 12.5. The fourth-order valence-electron chi connectivity index (χ4n) is 3.93. The Hall–Kier alpha value is -3.16. The lowest BCUT2D eigenvalue weighted by Crippen LogP contribution is -2.24. The first-order chi connectivity index (χ1) is 15.7. The van der Waals surface area contributed by atoms with E-state index in [1.807, 2.05) is 67.8 Å². The van der Waals surface area contributed by atoms with Crippen LogP contribution in [0.2, 0.25) is 5.02 Å². The number of amides is 1. The number of hydrogen-bond donors (Lipinski definition) is 0. The van der Waals surface area contributed by atoms with Gasteiger partial charge in [-0.05, 0) is 55.5 Å². The maximum atomic E-state index is 12.5. The van der Waals surface area contributed by atoms with Gasteiger partial charge in [-0.2, -0.15) is 0 Å². The van der Waals surface area contributed by atoms with Gasteiger partial charge in [-0.3, -0.25) is 14.5 Å². The van der Waals surface area contributed by atoms with Crippen LogP contribution >= 0.6 is 22.9 Å². The molecule has 6 nitrogen and oxygen atoms in total. The molecule has 0 N–H and O–H groups in total. The van der Waals surface area contributed by atoms with Crippen LogP contribution in [0, 0.1) is 20.8 Å². The lowest BCUT2D eigenvalue weighted by Gasteiger charge is -2.22. The molecule has 8 heteroatoms. The van der Waals surface area contributed by atoms with Crippen molar-refractivity contribution in [2.24, 2.45) is 0 Å². The van der Waals surface area contributed by atoms with E-state index < -0.39 is 0 Å². The highest BCUT2D eigenvalue weighted by molar-refractivity contribution is 7.14. The van der Waals surface area contributed by atoms with Crippen molar-refractivity contribution in [2.75, 3.05) is 4.90 Å². The van der Waals surface area contributed by atoms with Gasteiger partial charge in [0.05, 0.1) is 16.4 Å². The number of halogens is 1. The third-order valence-electron chi connectivity index (χ3n) is 5.35. The summed E-state index contributed by atoms with van der Waals surface area (Å²) in [6.07, 6.45) is 0. The van der Waals surface area contributed by atoms with Crippen molar-refractivity contribution >= 4 is 56.5 Å². The minimum Gasteiger partial charge on any atom is -0.458 e. The van der Waals surface area contributed by atoms with Gasteiger partial charge >= 0.3 is 5.97 Å². The zero-order chi connectivity index (χ0) is 23.7. The van der Waals surface area contributed by atoms with Crippen LogP contribution in [0.15, 0.2) is 47.8 Å². The van der Waals surface area contributed by atoms with Crippen LogP contribution in [0.5, 0.6) is 0 Å². The van der Waals surface area contributed by atoms with E-state index in [9.17, 15) is 9.59 Å². The summed E-state index contributed by atoms with van der Waals surface area (Å²) in [5, 5.41) is 3.84. The number of carbonyl (C=O) groups is 2. The van der Waals surface area contributed by atoms with E-state index in [-0.39, 0.29) is 25.0 Å². The van der Waals surface area contributed by atoms with Crippen LogP contribution in [-0.4, -0.2) is 21.4 Å². The van der Waals surface area contributed by atoms with Gasteiger partial charge in [0, 0.05) is 23.5 Å². The van der Waals surface area contributed by atoms with E-state index in [4.69, 9.17) is 16.3 Å². The Bertz CT molecular complexity index is 1340. The lowest BCUT2D eigenvalue weighted by atomic mass is 10.1. The molecule has 2 aromatic heterocycles. The first-order valence-electron chi connectivity index (χ1n) is 10.5. The lowest BCUT2D eigenvalue weighted by molar-refractivity contribution is -0.145. The summed E-state index contributed by atoms with van der Waals surface area (Å²) in [4.78, 5) is 31.0. The van der Waals surface area contributed by atoms with Crippen molar-refractivity contribution in [1.29, 1.82) is 0 Å². The van der Waals surface area contributed by atoms with Crippen LogP contribution in [0.1, 0.15) is 29.4 Å². The molecule has 33 heavy (non-hydrogen) atoms. The molecule has 0 aliphatic rings. The van der Waals surface area contributed by atoms with Gasteiger partial charge in [0.25, 0.3) is 0 Å². The predicted octanol–water partition coefficient (Wildman–Crippen LogP) is 6.10. The molecule has 0 fully saturated rings. The Balaban J connectivity index is 1.48. The summed E-state index contributed by atoms with van der Waals surface area (Å²) in [5.41, 5.74) is 5.07. The molecular weight excluding hydrogens is 458 g/mol. The van der Waals surface area contributed by atoms with Crippen molar-refractivity contribution < 1.29 is 14.3 Å². The molecule has 2 aromatic carbocycles. The Kier molecular flexibility index (Phi) is 6.54. The highest BCUT2D eigenvalue weighted by atomic mass is 35.5. The van der Waals surface area contributed by atoms with Gasteiger partial charge in [0.2, 0.25) is 5.91 Å². The van der Waals surface area contributed by atoms with Gasteiger partial charge in [-0.25, -0.2) is 4.98 Å². The smallest absolute Gasteiger partial charge is 0.326 e. The molecular formula is C25H24ClN3O3S. The van der Waals surface area contributed by atoms with Crippen molar-refractivity contribution in [2.45, 2.75) is 40.8 Å². The molecule has 4 aromatic rings. The average Bonchev–Trinajstić information content (AvgIpc) is 3.33. The number of aromatic nitrogens is 2. The first-order valence-corrected chi connectivity index (χ1v) is 11.7. The van der Waals surface area contributed by atoms with Crippen molar-refractivity contribution in [3.63, 3.8) is 0 Å². The highest BCUT2D eigenvalue weighted by Gasteiger charge is 2.23. The number of carbonyl (C=O) groups excluding carboxylic acids is 2. The largest absolute Gasteiger partial charge is 0.458 e. The first kappa shape index (κ1) is 23.0. The molecule has 0 saturated heterocycles. The van der Waals surface area contributed by atoms with E-state index in [1.54, 1.807) is 5.38 Å². The summed E-state index contributed by atoms with van der Waals surface area (Å²) >= 11 is 7.77. The number of esters is 1. The number of nitrogens with zero attached hydrogens (tertiary/aromatic N) is 3. The second-order valence-corrected chi connectivity index (χ2v) is 9.22. The molecule has 0 saturated carbocycles. The Morgan fingerprint density at radius 3 is 2.64 bits per heavy atom. The molecule has 0 aliphatic carbocycles. The molecule has 0 unspecified atom stereocenters. The summed E-state index contributed by atoms with van der Waals surface area (Å²) < 4.78 is 7.42. The number of benzene rings is 2. The van der Waals surface area contributed by atoms with E-state index >= 15 is 0 Å². The van der Waals surface area contributed by atoms with Crippen molar-refractivity contribution in [1.82, 2.24) is 9.55 Å². The predicted molar refractivity (Wildman–Crippen MR) is 132 cm³/mol.